The van der Waals surface area contributed by atoms with Crippen molar-refractivity contribution in [2.75, 3.05) is 20.2 Å². The first-order valence-electron chi connectivity index (χ1n) is 6.27. The summed E-state index contributed by atoms with van der Waals surface area (Å²) < 4.78 is 32.1. The topological polar surface area (TPSA) is 81.4 Å². The van der Waals surface area contributed by atoms with E-state index in [2.05, 4.69) is 4.72 Å². The van der Waals surface area contributed by atoms with E-state index in [1.54, 1.807) is 26.2 Å². The molecule has 108 valence electrons. The van der Waals surface area contributed by atoms with Crippen molar-refractivity contribution < 1.29 is 13.2 Å². The Morgan fingerprint density at radius 1 is 1.21 bits per heavy atom. The molecular weight excluding hydrogens is 264 g/mol. The predicted molar refractivity (Wildman–Crippen MR) is 75.9 cm³/mol. The number of aryl methyl sites for hydroxylation is 2. The molecule has 0 aliphatic carbocycles. The van der Waals surface area contributed by atoms with Gasteiger partial charge in [0.2, 0.25) is 10.0 Å². The monoisotopic (exact) mass is 286 g/mol. The van der Waals surface area contributed by atoms with Gasteiger partial charge in [-0.05, 0) is 56.5 Å². The van der Waals surface area contributed by atoms with Crippen LogP contribution >= 0.6 is 0 Å². The summed E-state index contributed by atoms with van der Waals surface area (Å²) in [5.41, 5.74) is 6.85. The number of hydrogen-bond donors (Lipinski definition) is 2. The second-order valence-electron chi connectivity index (χ2n) is 4.48. The standard InChI is InChI=1S/C13H22N2O3S/c1-10-9-13(11(2)8-12(10)18-3)19(16,17)15-7-5-4-6-14/h8-9,15H,4-7,14H2,1-3H3. The average molecular weight is 286 g/mol. The highest BCUT2D eigenvalue weighted by atomic mass is 32.2. The molecule has 0 spiro atoms. The van der Waals surface area contributed by atoms with Crippen LogP contribution in [0.25, 0.3) is 0 Å². The molecule has 0 atom stereocenters. The molecule has 0 saturated heterocycles. The molecule has 1 rings (SSSR count). The Balaban J connectivity index is 2.92. The lowest BCUT2D eigenvalue weighted by Gasteiger charge is -2.12. The molecule has 5 nitrogen and oxygen atoms in total. The van der Waals surface area contributed by atoms with Gasteiger partial charge in [-0.1, -0.05) is 0 Å². The lowest BCUT2D eigenvalue weighted by Crippen LogP contribution is -2.26. The van der Waals surface area contributed by atoms with Crippen molar-refractivity contribution in [2.45, 2.75) is 31.6 Å². The number of methoxy groups -OCH3 is 1. The summed E-state index contributed by atoms with van der Waals surface area (Å²) >= 11 is 0. The van der Waals surface area contributed by atoms with Gasteiger partial charge in [-0.15, -0.1) is 0 Å². The zero-order valence-corrected chi connectivity index (χ0v) is 12.5. The number of benzene rings is 1. The van der Waals surface area contributed by atoms with Gasteiger partial charge in [0, 0.05) is 6.54 Å². The Morgan fingerprint density at radius 2 is 1.89 bits per heavy atom. The fourth-order valence-electron chi connectivity index (χ4n) is 1.83. The third-order valence-corrected chi connectivity index (χ3v) is 4.51. The van der Waals surface area contributed by atoms with Crippen LogP contribution in [0.2, 0.25) is 0 Å². The third kappa shape index (κ3) is 4.19. The molecule has 0 radical (unpaired) electrons. The maximum Gasteiger partial charge on any atom is 0.240 e. The van der Waals surface area contributed by atoms with Crippen LogP contribution in [-0.2, 0) is 10.0 Å². The Labute approximate surface area is 115 Å². The van der Waals surface area contributed by atoms with Crippen molar-refractivity contribution in [3.8, 4) is 5.75 Å². The summed E-state index contributed by atoms with van der Waals surface area (Å²) in [7, 11) is -1.89. The molecule has 0 fully saturated rings. The van der Waals surface area contributed by atoms with E-state index < -0.39 is 10.0 Å². The maximum atomic E-state index is 12.2. The molecule has 0 aliphatic heterocycles. The molecule has 6 heteroatoms. The molecule has 0 heterocycles. The molecule has 0 unspecified atom stereocenters. The van der Waals surface area contributed by atoms with Gasteiger partial charge >= 0.3 is 0 Å². The summed E-state index contributed by atoms with van der Waals surface area (Å²) in [6.45, 7) is 4.56. The van der Waals surface area contributed by atoms with Gasteiger partial charge in [0.25, 0.3) is 0 Å². The molecule has 0 bridgehead atoms. The van der Waals surface area contributed by atoms with Gasteiger partial charge in [0.1, 0.15) is 5.75 Å². The first-order chi connectivity index (χ1) is 8.92. The zero-order chi connectivity index (χ0) is 14.5. The van der Waals surface area contributed by atoms with Crippen LogP contribution in [0.5, 0.6) is 5.75 Å². The number of ether oxygens (including phenoxy) is 1. The van der Waals surface area contributed by atoms with Crippen LogP contribution in [0.15, 0.2) is 17.0 Å². The molecule has 0 aliphatic rings. The summed E-state index contributed by atoms with van der Waals surface area (Å²) in [5, 5.41) is 0. The van der Waals surface area contributed by atoms with Crippen molar-refractivity contribution in [1.29, 1.82) is 0 Å². The number of nitrogens with two attached hydrogens (primary N) is 1. The maximum absolute atomic E-state index is 12.2. The van der Waals surface area contributed by atoms with Crippen LogP contribution in [0.3, 0.4) is 0 Å². The summed E-state index contributed by atoms with van der Waals surface area (Å²) in [5.74, 6) is 0.694. The molecule has 1 aromatic rings. The Kier molecular flexibility index (Phi) is 5.78. The quantitative estimate of drug-likeness (QED) is 0.741. The lowest BCUT2D eigenvalue weighted by molar-refractivity contribution is 0.411. The minimum absolute atomic E-state index is 0.304. The van der Waals surface area contributed by atoms with Gasteiger partial charge in [-0.3, -0.25) is 0 Å². The molecule has 3 N–H and O–H groups in total. The Hall–Kier alpha value is -1.11. The van der Waals surface area contributed by atoms with Crippen LogP contribution in [0.4, 0.5) is 0 Å². The first-order valence-corrected chi connectivity index (χ1v) is 7.75. The highest BCUT2D eigenvalue weighted by molar-refractivity contribution is 7.89. The minimum atomic E-state index is -3.47. The highest BCUT2D eigenvalue weighted by Crippen LogP contribution is 2.25. The van der Waals surface area contributed by atoms with E-state index in [0.29, 0.717) is 29.3 Å². The second-order valence-corrected chi connectivity index (χ2v) is 6.22. The number of unbranched alkanes of at least 4 members (excludes halogenated alkanes) is 1. The number of sulfonamides is 1. The highest BCUT2D eigenvalue weighted by Gasteiger charge is 2.18. The zero-order valence-electron chi connectivity index (χ0n) is 11.7. The van der Waals surface area contributed by atoms with Crippen molar-refractivity contribution in [3.05, 3.63) is 23.3 Å². The smallest absolute Gasteiger partial charge is 0.240 e. The minimum Gasteiger partial charge on any atom is -0.496 e. The summed E-state index contributed by atoms with van der Waals surface area (Å²) in [6, 6.07) is 3.38. The van der Waals surface area contributed by atoms with E-state index in [9.17, 15) is 8.42 Å². The fraction of sp³-hybridized carbons (Fsp3) is 0.538. The lowest BCUT2D eigenvalue weighted by atomic mass is 10.1. The molecular formula is C13H22N2O3S. The molecule has 19 heavy (non-hydrogen) atoms. The number of hydrogen-bond acceptors (Lipinski definition) is 4. The third-order valence-electron chi connectivity index (χ3n) is 2.90. The Morgan fingerprint density at radius 3 is 2.47 bits per heavy atom. The number of nitrogens with one attached hydrogen (secondary N) is 1. The Bertz CT molecular complexity index is 527. The van der Waals surface area contributed by atoms with E-state index in [-0.39, 0.29) is 0 Å². The van der Waals surface area contributed by atoms with E-state index in [4.69, 9.17) is 10.5 Å². The summed E-state index contributed by atoms with van der Waals surface area (Å²) in [4.78, 5) is 0.304. The first kappa shape index (κ1) is 15.9. The van der Waals surface area contributed by atoms with E-state index in [1.165, 1.54) is 0 Å². The molecule has 0 aromatic heterocycles. The van der Waals surface area contributed by atoms with Crippen LogP contribution in [-0.4, -0.2) is 28.6 Å². The van der Waals surface area contributed by atoms with Gasteiger partial charge in [-0.2, -0.15) is 0 Å². The van der Waals surface area contributed by atoms with Crippen molar-refractivity contribution in [2.24, 2.45) is 5.73 Å². The van der Waals surface area contributed by atoms with Gasteiger partial charge < -0.3 is 10.5 Å². The molecule has 1 aromatic carbocycles. The van der Waals surface area contributed by atoms with E-state index >= 15 is 0 Å². The van der Waals surface area contributed by atoms with E-state index in [1.807, 2.05) is 6.92 Å². The second kappa shape index (κ2) is 6.88. The normalized spacial score (nSPS) is 11.6. The van der Waals surface area contributed by atoms with Crippen molar-refractivity contribution in [3.63, 3.8) is 0 Å². The predicted octanol–water partition coefficient (Wildman–Crippen LogP) is 1.33. The SMILES string of the molecule is COc1cc(C)c(S(=O)(=O)NCCCCN)cc1C. The average Bonchev–Trinajstić information content (AvgIpc) is 2.36. The van der Waals surface area contributed by atoms with Crippen molar-refractivity contribution >= 4 is 10.0 Å². The van der Waals surface area contributed by atoms with Gasteiger partial charge in [0.05, 0.1) is 12.0 Å². The number of rotatable bonds is 7. The van der Waals surface area contributed by atoms with Crippen LogP contribution < -0.4 is 15.2 Å². The largest absolute Gasteiger partial charge is 0.496 e. The van der Waals surface area contributed by atoms with Crippen molar-refractivity contribution in [1.82, 2.24) is 4.72 Å². The molecule has 0 amide bonds. The van der Waals surface area contributed by atoms with Crippen LogP contribution in [0, 0.1) is 13.8 Å². The fourth-order valence-corrected chi connectivity index (χ4v) is 3.21. The van der Waals surface area contributed by atoms with Crippen LogP contribution in [0.1, 0.15) is 24.0 Å². The van der Waals surface area contributed by atoms with Gasteiger partial charge in [-0.25, -0.2) is 13.1 Å². The van der Waals surface area contributed by atoms with E-state index in [0.717, 1.165) is 18.4 Å². The summed E-state index contributed by atoms with van der Waals surface area (Å²) in [6.07, 6.45) is 1.55. The molecule has 0 saturated carbocycles. The van der Waals surface area contributed by atoms with Gasteiger partial charge in [0.15, 0.2) is 0 Å².